The summed E-state index contributed by atoms with van der Waals surface area (Å²) in [6, 6.07) is 8.45. The summed E-state index contributed by atoms with van der Waals surface area (Å²) in [5.74, 6) is -1.37. The predicted molar refractivity (Wildman–Crippen MR) is 71.1 cm³/mol. The van der Waals surface area contributed by atoms with Crippen molar-refractivity contribution in [2.45, 2.75) is 25.8 Å². The number of carboxylic acid groups (broad SMARTS) is 1. The van der Waals surface area contributed by atoms with Crippen LogP contribution in [0.2, 0.25) is 0 Å². The summed E-state index contributed by atoms with van der Waals surface area (Å²) in [4.78, 5) is 22.8. The van der Waals surface area contributed by atoms with Crippen molar-refractivity contribution >= 4 is 11.9 Å². The highest BCUT2D eigenvalue weighted by molar-refractivity contribution is 5.87. The van der Waals surface area contributed by atoms with Gasteiger partial charge in [-0.3, -0.25) is 4.79 Å². The number of hydrogen-bond acceptors (Lipinski definition) is 4. The van der Waals surface area contributed by atoms with Crippen molar-refractivity contribution in [3.05, 3.63) is 29.8 Å². The van der Waals surface area contributed by atoms with Crippen LogP contribution in [0, 0.1) is 11.3 Å². The minimum atomic E-state index is -1.32. The average molecular weight is 276 g/mol. The Bertz CT molecular complexity index is 550. The Labute approximate surface area is 117 Å². The molecule has 0 fully saturated rings. The van der Waals surface area contributed by atoms with Gasteiger partial charge in [0.2, 0.25) is 0 Å². The van der Waals surface area contributed by atoms with E-state index in [1.807, 2.05) is 6.07 Å². The van der Waals surface area contributed by atoms with Crippen LogP contribution in [0.1, 0.15) is 25.8 Å². The van der Waals surface area contributed by atoms with Gasteiger partial charge in [0.15, 0.2) is 6.61 Å². The summed E-state index contributed by atoms with van der Waals surface area (Å²) in [5, 5.41) is 20.3. The molecule has 0 aromatic heterocycles. The molecule has 0 aliphatic carbocycles. The van der Waals surface area contributed by atoms with Gasteiger partial charge in [0.1, 0.15) is 17.4 Å². The molecular formula is C14H16N2O4. The lowest BCUT2D eigenvalue weighted by Crippen LogP contribution is -2.53. The van der Waals surface area contributed by atoms with Gasteiger partial charge < -0.3 is 15.2 Å². The van der Waals surface area contributed by atoms with Crippen molar-refractivity contribution in [3.8, 4) is 11.8 Å². The monoisotopic (exact) mass is 276 g/mol. The molecule has 106 valence electrons. The number of aliphatic carboxylic acids is 1. The molecule has 1 aromatic rings. The fourth-order valence-electron chi connectivity index (χ4n) is 1.47. The first-order valence-corrected chi connectivity index (χ1v) is 6.09. The Hall–Kier alpha value is -2.55. The standard InChI is InChI=1S/C14H16N2O4/c1-3-14(2,13(18)19)16-12(17)9-20-11-7-5-4-6-10(11)8-15/h4-7H,3,9H2,1-2H3,(H,16,17)(H,18,19). The SMILES string of the molecule is CCC(C)(NC(=O)COc1ccccc1C#N)C(=O)O. The lowest BCUT2D eigenvalue weighted by atomic mass is 9.99. The lowest BCUT2D eigenvalue weighted by Gasteiger charge is -2.24. The van der Waals surface area contributed by atoms with Crippen molar-refractivity contribution in [1.29, 1.82) is 5.26 Å². The number of carboxylic acids is 1. The molecule has 6 heteroatoms. The summed E-state index contributed by atoms with van der Waals surface area (Å²) in [7, 11) is 0. The van der Waals surface area contributed by atoms with Crippen LogP contribution in [0.3, 0.4) is 0 Å². The largest absolute Gasteiger partial charge is 0.482 e. The molecule has 0 aliphatic heterocycles. The highest BCUT2D eigenvalue weighted by Crippen LogP contribution is 2.16. The fraction of sp³-hybridized carbons (Fsp3) is 0.357. The van der Waals surface area contributed by atoms with Crippen molar-refractivity contribution < 1.29 is 19.4 Å². The van der Waals surface area contributed by atoms with Gasteiger partial charge in [0.25, 0.3) is 5.91 Å². The molecule has 1 rings (SSSR count). The normalized spacial score (nSPS) is 12.8. The minimum Gasteiger partial charge on any atom is -0.482 e. The number of nitriles is 1. The number of amides is 1. The second-order valence-electron chi connectivity index (χ2n) is 4.44. The summed E-state index contributed by atoms with van der Waals surface area (Å²) >= 11 is 0. The van der Waals surface area contributed by atoms with Gasteiger partial charge >= 0.3 is 5.97 Å². The van der Waals surface area contributed by atoms with E-state index >= 15 is 0 Å². The van der Waals surface area contributed by atoms with E-state index < -0.39 is 17.4 Å². The zero-order valence-electron chi connectivity index (χ0n) is 11.3. The molecule has 0 saturated heterocycles. The molecule has 1 atom stereocenters. The number of para-hydroxylation sites is 1. The van der Waals surface area contributed by atoms with E-state index in [1.54, 1.807) is 31.2 Å². The maximum Gasteiger partial charge on any atom is 0.329 e. The molecule has 2 N–H and O–H groups in total. The highest BCUT2D eigenvalue weighted by Gasteiger charge is 2.32. The molecule has 1 unspecified atom stereocenters. The molecular weight excluding hydrogens is 260 g/mol. The Morgan fingerprint density at radius 1 is 1.45 bits per heavy atom. The van der Waals surface area contributed by atoms with Crippen LogP contribution in [0.4, 0.5) is 0 Å². The molecule has 0 spiro atoms. The maximum atomic E-state index is 11.7. The van der Waals surface area contributed by atoms with Crippen molar-refractivity contribution in [1.82, 2.24) is 5.32 Å². The predicted octanol–water partition coefficient (Wildman–Crippen LogP) is 1.31. The topological polar surface area (TPSA) is 99.4 Å². The number of nitrogens with one attached hydrogen (secondary N) is 1. The van der Waals surface area contributed by atoms with Gasteiger partial charge in [0.05, 0.1) is 5.56 Å². The molecule has 1 aromatic carbocycles. The summed E-state index contributed by atoms with van der Waals surface area (Å²) < 4.78 is 5.23. The van der Waals surface area contributed by atoms with Crippen LogP contribution in [-0.2, 0) is 9.59 Å². The molecule has 20 heavy (non-hydrogen) atoms. The number of ether oxygens (including phenoxy) is 1. The van der Waals surface area contributed by atoms with Crippen LogP contribution >= 0.6 is 0 Å². The molecule has 0 bridgehead atoms. The molecule has 0 saturated carbocycles. The first-order valence-electron chi connectivity index (χ1n) is 6.09. The Balaban J connectivity index is 2.65. The second-order valence-corrected chi connectivity index (χ2v) is 4.44. The van der Waals surface area contributed by atoms with E-state index in [9.17, 15) is 9.59 Å². The van der Waals surface area contributed by atoms with Gasteiger partial charge in [0, 0.05) is 0 Å². The number of carbonyl (C=O) groups excluding carboxylic acids is 1. The minimum absolute atomic E-state index is 0.253. The summed E-state index contributed by atoms with van der Waals surface area (Å²) in [6.07, 6.45) is 0.253. The quantitative estimate of drug-likeness (QED) is 0.816. The van der Waals surface area contributed by atoms with Crippen LogP contribution in [0.25, 0.3) is 0 Å². The zero-order chi connectivity index (χ0) is 15.2. The zero-order valence-corrected chi connectivity index (χ0v) is 11.3. The number of carbonyl (C=O) groups is 2. The van der Waals surface area contributed by atoms with E-state index in [1.165, 1.54) is 6.92 Å². The number of hydrogen-bond donors (Lipinski definition) is 2. The molecule has 0 heterocycles. The fourth-order valence-corrected chi connectivity index (χ4v) is 1.47. The van der Waals surface area contributed by atoms with Gasteiger partial charge in [-0.15, -0.1) is 0 Å². The molecule has 0 aliphatic rings. The Kier molecular flexibility index (Phi) is 5.09. The van der Waals surface area contributed by atoms with E-state index in [2.05, 4.69) is 5.32 Å². The summed E-state index contributed by atoms with van der Waals surface area (Å²) in [6.45, 7) is 2.75. The maximum absolute atomic E-state index is 11.7. The third kappa shape index (κ3) is 3.72. The van der Waals surface area contributed by atoms with Crippen LogP contribution in [0.15, 0.2) is 24.3 Å². The van der Waals surface area contributed by atoms with Crippen LogP contribution in [-0.4, -0.2) is 29.1 Å². The van der Waals surface area contributed by atoms with Crippen molar-refractivity contribution in [3.63, 3.8) is 0 Å². The Morgan fingerprint density at radius 2 is 2.10 bits per heavy atom. The first kappa shape index (κ1) is 15.5. The van der Waals surface area contributed by atoms with Crippen molar-refractivity contribution in [2.24, 2.45) is 0 Å². The molecule has 0 radical (unpaired) electrons. The van der Waals surface area contributed by atoms with E-state index in [0.29, 0.717) is 11.3 Å². The number of benzene rings is 1. The highest BCUT2D eigenvalue weighted by atomic mass is 16.5. The number of rotatable bonds is 6. The average Bonchev–Trinajstić information content (AvgIpc) is 2.45. The third-order valence-corrected chi connectivity index (χ3v) is 2.96. The van der Waals surface area contributed by atoms with Gasteiger partial charge in [-0.1, -0.05) is 19.1 Å². The van der Waals surface area contributed by atoms with Gasteiger partial charge in [-0.2, -0.15) is 5.26 Å². The van der Waals surface area contributed by atoms with E-state index in [-0.39, 0.29) is 13.0 Å². The summed E-state index contributed by atoms with van der Waals surface area (Å²) in [5.41, 5.74) is -1.01. The van der Waals surface area contributed by atoms with E-state index in [0.717, 1.165) is 0 Å². The third-order valence-electron chi connectivity index (χ3n) is 2.96. The first-order chi connectivity index (χ1) is 9.42. The van der Waals surface area contributed by atoms with Crippen LogP contribution in [0.5, 0.6) is 5.75 Å². The Morgan fingerprint density at radius 3 is 2.65 bits per heavy atom. The lowest BCUT2D eigenvalue weighted by molar-refractivity contribution is -0.147. The van der Waals surface area contributed by atoms with Crippen LogP contribution < -0.4 is 10.1 Å². The molecule has 6 nitrogen and oxygen atoms in total. The van der Waals surface area contributed by atoms with Crippen molar-refractivity contribution in [2.75, 3.05) is 6.61 Å². The van der Waals surface area contributed by atoms with E-state index in [4.69, 9.17) is 15.1 Å². The smallest absolute Gasteiger partial charge is 0.329 e. The second kappa shape index (κ2) is 6.57. The van der Waals surface area contributed by atoms with Gasteiger partial charge in [-0.25, -0.2) is 4.79 Å². The molecule has 1 amide bonds. The van der Waals surface area contributed by atoms with Gasteiger partial charge in [-0.05, 0) is 25.5 Å². The number of nitrogens with zero attached hydrogens (tertiary/aromatic N) is 1.